The van der Waals surface area contributed by atoms with E-state index in [1.807, 2.05) is 30.3 Å². The first-order valence-electron chi connectivity index (χ1n) is 8.75. The molecule has 0 saturated carbocycles. The number of terminal acetylenes is 1. The maximum absolute atomic E-state index is 12.2. The molecule has 3 rings (SSSR count). The lowest BCUT2D eigenvalue weighted by Crippen LogP contribution is -2.19. The average Bonchev–Trinajstić information content (AvgIpc) is 3.22. The van der Waals surface area contributed by atoms with Crippen LogP contribution in [-0.4, -0.2) is 30.1 Å². The lowest BCUT2D eigenvalue weighted by atomic mass is 10.2. The summed E-state index contributed by atoms with van der Waals surface area (Å²) < 4.78 is 10.9. The van der Waals surface area contributed by atoms with Gasteiger partial charge in [0.05, 0.1) is 5.56 Å². The molecule has 2 heterocycles. The minimum absolute atomic E-state index is 0.192. The molecular formula is C21H22N2O3. The van der Waals surface area contributed by atoms with Gasteiger partial charge in [-0.1, -0.05) is 18.1 Å². The molecule has 0 N–H and O–H groups in total. The number of carbonyl (C=O) groups is 1. The van der Waals surface area contributed by atoms with Gasteiger partial charge in [0.1, 0.15) is 18.2 Å². The summed E-state index contributed by atoms with van der Waals surface area (Å²) in [6.45, 7) is 4.05. The molecule has 0 radical (unpaired) electrons. The molecule has 134 valence electrons. The number of hydrogen-bond donors (Lipinski definition) is 0. The number of hydrogen-bond acceptors (Lipinski definition) is 5. The summed E-state index contributed by atoms with van der Waals surface area (Å²) in [7, 11) is 0. The Morgan fingerprint density at radius 1 is 1.23 bits per heavy atom. The summed E-state index contributed by atoms with van der Waals surface area (Å²) in [5.74, 6) is 3.72. The van der Waals surface area contributed by atoms with Crippen LogP contribution in [0, 0.1) is 12.3 Å². The minimum atomic E-state index is -0.383. The van der Waals surface area contributed by atoms with E-state index in [0.29, 0.717) is 11.3 Å². The SMILES string of the molecule is C#CC(C)Oc1ccc(COC(=O)c2ccc(N3CCCC3)nc2)cc1. The third kappa shape index (κ3) is 4.54. The van der Waals surface area contributed by atoms with Crippen molar-refractivity contribution in [3.63, 3.8) is 0 Å². The number of esters is 1. The van der Waals surface area contributed by atoms with E-state index in [4.69, 9.17) is 15.9 Å². The predicted octanol–water partition coefficient (Wildman–Crippen LogP) is 3.44. The molecule has 1 fully saturated rings. The molecule has 1 unspecified atom stereocenters. The molecule has 0 spiro atoms. The molecule has 0 amide bonds. The van der Waals surface area contributed by atoms with Crippen molar-refractivity contribution < 1.29 is 14.3 Å². The highest BCUT2D eigenvalue weighted by atomic mass is 16.5. The molecule has 26 heavy (non-hydrogen) atoms. The fraction of sp³-hybridized carbons (Fsp3) is 0.333. The van der Waals surface area contributed by atoms with E-state index in [1.54, 1.807) is 19.2 Å². The van der Waals surface area contributed by atoms with Crippen molar-refractivity contribution in [1.82, 2.24) is 4.98 Å². The van der Waals surface area contributed by atoms with Crippen molar-refractivity contribution in [2.24, 2.45) is 0 Å². The zero-order chi connectivity index (χ0) is 18.4. The molecule has 1 saturated heterocycles. The first kappa shape index (κ1) is 17.8. The molecule has 1 aromatic carbocycles. The van der Waals surface area contributed by atoms with E-state index < -0.39 is 0 Å². The van der Waals surface area contributed by atoms with Crippen molar-refractivity contribution >= 4 is 11.8 Å². The fourth-order valence-corrected chi connectivity index (χ4v) is 2.77. The third-order valence-corrected chi connectivity index (χ3v) is 4.25. The van der Waals surface area contributed by atoms with Crippen LogP contribution in [-0.2, 0) is 11.3 Å². The Morgan fingerprint density at radius 3 is 2.58 bits per heavy atom. The summed E-state index contributed by atoms with van der Waals surface area (Å²) in [5, 5.41) is 0. The van der Waals surface area contributed by atoms with Crippen LogP contribution in [0.3, 0.4) is 0 Å². The van der Waals surface area contributed by atoms with E-state index in [1.165, 1.54) is 12.8 Å². The number of carbonyl (C=O) groups excluding carboxylic acids is 1. The molecule has 5 heteroatoms. The Morgan fingerprint density at radius 2 is 1.96 bits per heavy atom. The van der Waals surface area contributed by atoms with E-state index >= 15 is 0 Å². The standard InChI is InChI=1S/C21H22N2O3/c1-3-16(2)26-19-9-6-17(7-10-19)15-25-21(24)18-8-11-20(22-14-18)23-12-4-5-13-23/h1,6-11,14,16H,4-5,12-13,15H2,2H3. The normalized spacial score (nSPS) is 14.5. The van der Waals surface area contributed by atoms with Gasteiger partial charge in [-0.2, -0.15) is 0 Å². The van der Waals surface area contributed by atoms with Gasteiger partial charge < -0.3 is 14.4 Å². The first-order valence-corrected chi connectivity index (χ1v) is 8.75. The van der Waals surface area contributed by atoms with Crippen LogP contribution in [0.15, 0.2) is 42.6 Å². The molecule has 2 aromatic rings. The van der Waals surface area contributed by atoms with E-state index in [0.717, 1.165) is 24.5 Å². The van der Waals surface area contributed by atoms with Gasteiger partial charge >= 0.3 is 5.97 Å². The molecule has 1 aliphatic rings. The monoisotopic (exact) mass is 350 g/mol. The maximum Gasteiger partial charge on any atom is 0.340 e. The van der Waals surface area contributed by atoms with E-state index in [-0.39, 0.29) is 18.7 Å². The van der Waals surface area contributed by atoms with Gasteiger partial charge in [0.15, 0.2) is 6.10 Å². The fourth-order valence-electron chi connectivity index (χ4n) is 2.77. The van der Waals surface area contributed by atoms with Crippen LogP contribution in [0.25, 0.3) is 0 Å². The van der Waals surface area contributed by atoms with Crippen molar-refractivity contribution in [3.05, 3.63) is 53.7 Å². The summed E-state index contributed by atoms with van der Waals surface area (Å²) in [5.41, 5.74) is 1.33. The Balaban J connectivity index is 1.52. The molecule has 0 aliphatic carbocycles. The number of pyridine rings is 1. The van der Waals surface area contributed by atoms with Crippen LogP contribution < -0.4 is 9.64 Å². The predicted molar refractivity (Wildman–Crippen MR) is 100 cm³/mol. The van der Waals surface area contributed by atoms with Crippen LogP contribution in [0.2, 0.25) is 0 Å². The Labute approximate surface area is 153 Å². The largest absolute Gasteiger partial charge is 0.478 e. The molecule has 5 nitrogen and oxygen atoms in total. The summed E-state index contributed by atoms with van der Waals surface area (Å²) >= 11 is 0. The summed E-state index contributed by atoms with van der Waals surface area (Å²) in [4.78, 5) is 18.8. The van der Waals surface area contributed by atoms with Gasteiger partial charge in [-0.3, -0.25) is 0 Å². The number of ether oxygens (including phenoxy) is 2. The zero-order valence-corrected chi connectivity index (χ0v) is 14.9. The number of benzene rings is 1. The van der Waals surface area contributed by atoms with Gasteiger partial charge in [0.25, 0.3) is 0 Å². The lowest BCUT2D eigenvalue weighted by molar-refractivity contribution is 0.0472. The number of nitrogens with zero attached hydrogens (tertiary/aromatic N) is 2. The lowest BCUT2D eigenvalue weighted by Gasteiger charge is -2.16. The van der Waals surface area contributed by atoms with Gasteiger partial charge in [0, 0.05) is 19.3 Å². The molecule has 0 bridgehead atoms. The summed E-state index contributed by atoms with van der Waals surface area (Å²) in [6.07, 6.45) is 8.97. The van der Waals surface area contributed by atoms with Gasteiger partial charge in [-0.15, -0.1) is 6.42 Å². The minimum Gasteiger partial charge on any atom is -0.478 e. The van der Waals surface area contributed by atoms with Gasteiger partial charge in [0.2, 0.25) is 0 Å². The van der Waals surface area contributed by atoms with Crippen LogP contribution in [0.1, 0.15) is 35.7 Å². The smallest absolute Gasteiger partial charge is 0.340 e. The zero-order valence-electron chi connectivity index (χ0n) is 14.9. The van der Waals surface area contributed by atoms with Crippen LogP contribution in [0.4, 0.5) is 5.82 Å². The molecule has 1 aromatic heterocycles. The molecule has 1 aliphatic heterocycles. The van der Waals surface area contributed by atoms with Crippen LogP contribution in [0.5, 0.6) is 5.75 Å². The number of aromatic nitrogens is 1. The van der Waals surface area contributed by atoms with Crippen LogP contribution >= 0.6 is 0 Å². The summed E-state index contributed by atoms with van der Waals surface area (Å²) in [6, 6.07) is 11.0. The number of anilines is 1. The maximum atomic E-state index is 12.2. The Hall–Kier alpha value is -3.00. The third-order valence-electron chi connectivity index (χ3n) is 4.25. The van der Waals surface area contributed by atoms with E-state index in [2.05, 4.69) is 15.8 Å². The van der Waals surface area contributed by atoms with Crippen molar-refractivity contribution in [1.29, 1.82) is 0 Å². The molecular weight excluding hydrogens is 328 g/mol. The second-order valence-electron chi connectivity index (χ2n) is 6.25. The Kier molecular flexibility index (Phi) is 5.75. The quantitative estimate of drug-likeness (QED) is 0.590. The first-order chi connectivity index (χ1) is 12.7. The Bertz CT molecular complexity index is 772. The highest BCUT2D eigenvalue weighted by molar-refractivity contribution is 5.89. The number of rotatable bonds is 6. The van der Waals surface area contributed by atoms with Crippen molar-refractivity contribution in [2.45, 2.75) is 32.5 Å². The van der Waals surface area contributed by atoms with Gasteiger partial charge in [-0.05, 0) is 49.6 Å². The second kappa shape index (κ2) is 8.39. The topological polar surface area (TPSA) is 51.7 Å². The average molecular weight is 350 g/mol. The van der Waals surface area contributed by atoms with E-state index in [9.17, 15) is 4.79 Å². The highest BCUT2D eigenvalue weighted by Gasteiger charge is 2.14. The van der Waals surface area contributed by atoms with Gasteiger partial charge in [-0.25, -0.2) is 9.78 Å². The second-order valence-corrected chi connectivity index (χ2v) is 6.25. The van der Waals surface area contributed by atoms with Crippen molar-refractivity contribution in [2.75, 3.05) is 18.0 Å². The van der Waals surface area contributed by atoms with Crippen molar-refractivity contribution in [3.8, 4) is 18.1 Å². The highest BCUT2D eigenvalue weighted by Crippen LogP contribution is 2.18. The molecule has 1 atom stereocenters.